The lowest BCUT2D eigenvalue weighted by atomic mass is 9.98. The van der Waals surface area contributed by atoms with Crippen molar-refractivity contribution in [2.24, 2.45) is 5.73 Å². The Hall–Kier alpha value is -1.66. The Bertz CT molecular complexity index is 644. The Kier molecular flexibility index (Phi) is 4.80. The Morgan fingerprint density at radius 3 is 2.10 bits per heavy atom. The summed E-state index contributed by atoms with van der Waals surface area (Å²) in [4.78, 5) is 0. The minimum atomic E-state index is -0.972. The van der Waals surface area contributed by atoms with E-state index in [9.17, 15) is 8.78 Å². The maximum atomic E-state index is 13.9. The van der Waals surface area contributed by atoms with Gasteiger partial charge in [0.05, 0.1) is 20.3 Å². The van der Waals surface area contributed by atoms with Crippen molar-refractivity contribution >= 4 is 15.9 Å². The van der Waals surface area contributed by atoms with Crippen LogP contribution in [0.15, 0.2) is 34.8 Å². The van der Waals surface area contributed by atoms with E-state index in [1.165, 1.54) is 32.4 Å². The zero-order chi connectivity index (χ0) is 15.6. The van der Waals surface area contributed by atoms with Gasteiger partial charge in [-0.1, -0.05) is 22.0 Å². The molecule has 0 heterocycles. The maximum Gasteiger partial charge on any atom is 0.161 e. The molecular weight excluding hydrogens is 344 g/mol. The van der Waals surface area contributed by atoms with Crippen LogP contribution in [-0.2, 0) is 0 Å². The van der Waals surface area contributed by atoms with E-state index in [0.29, 0.717) is 21.5 Å². The van der Waals surface area contributed by atoms with E-state index in [0.717, 1.165) is 0 Å². The van der Waals surface area contributed by atoms with Crippen LogP contribution in [0.2, 0.25) is 0 Å². The Morgan fingerprint density at radius 1 is 1.05 bits per heavy atom. The summed E-state index contributed by atoms with van der Waals surface area (Å²) in [7, 11) is 2.98. The molecule has 2 rings (SSSR count). The smallest absolute Gasteiger partial charge is 0.161 e. The monoisotopic (exact) mass is 357 g/mol. The summed E-state index contributed by atoms with van der Waals surface area (Å²) in [6.45, 7) is 0. The molecule has 0 amide bonds. The van der Waals surface area contributed by atoms with Crippen molar-refractivity contribution in [3.8, 4) is 11.5 Å². The van der Waals surface area contributed by atoms with Crippen LogP contribution in [0.25, 0.3) is 0 Å². The first-order valence-corrected chi connectivity index (χ1v) is 6.89. The van der Waals surface area contributed by atoms with Crippen LogP contribution in [0, 0.1) is 11.6 Å². The average molecular weight is 358 g/mol. The quantitative estimate of drug-likeness (QED) is 0.905. The summed E-state index contributed by atoms with van der Waals surface area (Å²) < 4.78 is 38.6. The number of ether oxygens (including phenoxy) is 2. The van der Waals surface area contributed by atoms with Gasteiger partial charge in [0.1, 0.15) is 11.6 Å². The number of benzene rings is 2. The molecule has 1 atom stereocenters. The zero-order valence-corrected chi connectivity index (χ0v) is 13.1. The van der Waals surface area contributed by atoms with Crippen LogP contribution in [0.5, 0.6) is 11.5 Å². The van der Waals surface area contributed by atoms with E-state index in [1.54, 1.807) is 12.1 Å². The van der Waals surface area contributed by atoms with Crippen LogP contribution in [-0.4, -0.2) is 14.2 Å². The summed E-state index contributed by atoms with van der Waals surface area (Å²) in [6.07, 6.45) is 0. The molecule has 2 aromatic rings. The predicted molar refractivity (Wildman–Crippen MR) is 79.6 cm³/mol. The van der Waals surface area contributed by atoms with Crippen LogP contribution in [0.1, 0.15) is 17.2 Å². The first-order chi connectivity index (χ1) is 9.99. The zero-order valence-electron chi connectivity index (χ0n) is 11.5. The summed E-state index contributed by atoms with van der Waals surface area (Å²) >= 11 is 3.34. The van der Waals surface area contributed by atoms with Gasteiger partial charge in [0, 0.05) is 10.0 Å². The van der Waals surface area contributed by atoms with Gasteiger partial charge in [-0.05, 0) is 29.8 Å². The molecule has 0 spiro atoms. The molecule has 0 saturated heterocycles. The van der Waals surface area contributed by atoms with E-state index in [1.807, 2.05) is 0 Å². The minimum absolute atomic E-state index is 0.189. The third-order valence-electron chi connectivity index (χ3n) is 3.15. The van der Waals surface area contributed by atoms with E-state index in [-0.39, 0.29) is 5.56 Å². The summed E-state index contributed by atoms with van der Waals surface area (Å²) in [6, 6.07) is 5.91. The largest absolute Gasteiger partial charge is 0.493 e. The lowest BCUT2D eigenvalue weighted by Crippen LogP contribution is -2.16. The number of rotatable bonds is 4. The molecule has 2 aromatic carbocycles. The van der Waals surface area contributed by atoms with Crippen molar-refractivity contribution in [3.63, 3.8) is 0 Å². The molecule has 0 radical (unpaired) electrons. The van der Waals surface area contributed by atoms with E-state index in [2.05, 4.69) is 15.9 Å². The van der Waals surface area contributed by atoms with Crippen molar-refractivity contribution in [1.82, 2.24) is 0 Å². The summed E-state index contributed by atoms with van der Waals surface area (Å²) in [5, 5.41) is 0. The average Bonchev–Trinajstić information content (AvgIpc) is 2.46. The molecule has 112 valence electrons. The fraction of sp³-hybridized carbons (Fsp3) is 0.200. The Morgan fingerprint density at radius 2 is 1.57 bits per heavy atom. The molecule has 0 aliphatic carbocycles. The first kappa shape index (κ1) is 15.7. The van der Waals surface area contributed by atoms with Crippen molar-refractivity contribution in [2.45, 2.75) is 6.04 Å². The molecule has 0 fully saturated rings. The molecular formula is C15H14BrF2NO2. The van der Waals surface area contributed by atoms with Gasteiger partial charge in [0.25, 0.3) is 0 Å². The van der Waals surface area contributed by atoms with Gasteiger partial charge in [-0.15, -0.1) is 0 Å². The fourth-order valence-corrected chi connectivity index (χ4v) is 2.64. The van der Waals surface area contributed by atoms with Gasteiger partial charge in [-0.2, -0.15) is 0 Å². The van der Waals surface area contributed by atoms with Crippen molar-refractivity contribution in [2.75, 3.05) is 14.2 Å². The standard InChI is InChI=1S/C15H14BrF2NO2/c1-20-12-6-8(9(16)7-13(12)21-2)15(19)14-10(17)4-3-5-11(14)18/h3-7,15H,19H2,1-2H3. The number of nitrogens with two attached hydrogens (primary N) is 1. The summed E-state index contributed by atoms with van der Waals surface area (Å²) in [5.41, 5.74) is 6.34. The van der Waals surface area contributed by atoms with Crippen LogP contribution >= 0.6 is 15.9 Å². The molecule has 1 unspecified atom stereocenters. The topological polar surface area (TPSA) is 44.5 Å². The van der Waals surface area contributed by atoms with E-state index >= 15 is 0 Å². The number of halogens is 3. The van der Waals surface area contributed by atoms with Crippen molar-refractivity contribution in [1.29, 1.82) is 0 Å². The molecule has 0 saturated carbocycles. The first-order valence-electron chi connectivity index (χ1n) is 6.10. The number of hydrogen-bond donors (Lipinski definition) is 1. The normalized spacial score (nSPS) is 12.1. The van der Waals surface area contributed by atoms with Crippen LogP contribution < -0.4 is 15.2 Å². The molecule has 0 aliphatic heterocycles. The van der Waals surface area contributed by atoms with Gasteiger partial charge < -0.3 is 15.2 Å². The highest BCUT2D eigenvalue weighted by atomic mass is 79.9. The third-order valence-corrected chi connectivity index (χ3v) is 3.84. The Labute approximate surface area is 129 Å². The second kappa shape index (κ2) is 6.41. The molecule has 2 N–H and O–H groups in total. The molecule has 0 aromatic heterocycles. The van der Waals surface area contributed by atoms with Gasteiger partial charge in [-0.3, -0.25) is 0 Å². The van der Waals surface area contributed by atoms with Crippen molar-refractivity contribution < 1.29 is 18.3 Å². The second-order valence-corrected chi connectivity index (χ2v) is 5.20. The van der Waals surface area contributed by atoms with Gasteiger partial charge in [0.15, 0.2) is 11.5 Å². The predicted octanol–water partition coefficient (Wildman–Crippen LogP) is 3.79. The van der Waals surface area contributed by atoms with E-state index in [4.69, 9.17) is 15.2 Å². The minimum Gasteiger partial charge on any atom is -0.493 e. The highest BCUT2D eigenvalue weighted by molar-refractivity contribution is 9.10. The highest BCUT2D eigenvalue weighted by Crippen LogP contribution is 2.38. The molecule has 6 heteroatoms. The lowest BCUT2D eigenvalue weighted by molar-refractivity contribution is 0.354. The highest BCUT2D eigenvalue weighted by Gasteiger charge is 2.22. The van der Waals surface area contributed by atoms with Gasteiger partial charge in [0.2, 0.25) is 0 Å². The maximum absolute atomic E-state index is 13.9. The third kappa shape index (κ3) is 3.01. The van der Waals surface area contributed by atoms with Crippen molar-refractivity contribution in [3.05, 3.63) is 57.6 Å². The number of hydrogen-bond acceptors (Lipinski definition) is 3. The summed E-state index contributed by atoms with van der Waals surface area (Å²) in [5.74, 6) is -0.453. The molecule has 0 bridgehead atoms. The fourth-order valence-electron chi connectivity index (χ4n) is 2.07. The van der Waals surface area contributed by atoms with Gasteiger partial charge in [-0.25, -0.2) is 8.78 Å². The van der Waals surface area contributed by atoms with Crippen LogP contribution in [0.4, 0.5) is 8.78 Å². The second-order valence-electron chi connectivity index (χ2n) is 4.34. The molecule has 21 heavy (non-hydrogen) atoms. The Balaban J connectivity index is 2.56. The van der Waals surface area contributed by atoms with Gasteiger partial charge >= 0.3 is 0 Å². The lowest BCUT2D eigenvalue weighted by Gasteiger charge is -2.18. The SMILES string of the molecule is COc1cc(Br)c(C(N)c2c(F)cccc2F)cc1OC. The van der Waals surface area contributed by atoms with E-state index < -0.39 is 17.7 Å². The molecule has 3 nitrogen and oxygen atoms in total. The molecule has 0 aliphatic rings. The van der Waals surface area contributed by atoms with Crippen LogP contribution in [0.3, 0.4) is 0 Å². The number of methoxy groups -OCH3 is 2.